The number of carbonyl (C=O) groups is 4. The summed E-state index contributed by atoms with van der Waals surface area (Å²) in [5.41, 5.74) is 1.29. The van der Waals surface area contributed by atoms with E-state index in [4.69, 9.17) is 4.74 Å². The lowest BCUT2D eigenvalue weighted by Gasteiger charge is -2.33. The van der Waals surface area contributed by atoms with E-state index in [0.717, 1.165) is 17.7 Å². The van der Waals surface area contributed by atoms with Crippen molar-refractivity contribution in [3.8, 4) is 0 Å². The molecule has 144 valence electrons. The van der Waals surface area contributed by atoms with Crippen LogP contribution in [0.3, 0.4) is 0 Å². The van der Waals surface area contributed by atoms with Gasteiger partial charge in [0, 0.05) is 11.0 Å². The van der Waals surface area contributed by atoms with E-state index < -0.39 is 36.0 Å². The van der Waals surface area contributed by atoms with Gasteiger partial charge >= 0.3 is 12.0 Å². The van der Waals surface area contributed by atoms with Crippen molar-refractivity contribution in [1.29, 1.82) is 0 Å². The molecule has 0 aromatic carbocycles. The van der Waals surface area contributed by atoms with Gasteiger partial charge in [0.2, 0.25) is 0 Å². The van der Waals surface area contributed by atoms with Crippen molar-refractivity contribution in [3.05, 3.63) is 28.5 Å². The second-order valence-electron chi connectivity index (χ2n) is 6.83. The Balaban J connectivity index is 1.49. The first-order valence-corrected chi connectivity index (χ1v) is 9.62. The number of rotatable bonds is 5. The lowest BCUT2D eigenvalue weighted by Crippen LogP contribution is -2.52. The van der Waals surface area contributed by atoms with Gasteiger partial charge in [-0.1, -0.05) is 13.0 Å². The topological polar surface area (TPSA) is 105 Å². The van der Waals surface area contributed by atoms with Crippen LogP contribution in [0.25, 0.3) is 6.08 Å². The Hall–Kier alpha value is -2.68. The number of nitrogens with zero attached hydrogens (tertiary/aromatic N) is 1. The number of amides is 4. The second kappa shape index (κ2) is 7.91. The van der Waals surface area contributed by atoms with Crippen LogP contribution in [-0.4, -0.2) is 41.0 Å². The molecule has 2 fully saturated rings. The average Bonchev–Trinajstić information content (AvgIpc) is 3.24. The van der Waals surface area contributed by atoms with Crippen molar-refractivity contribution in [2.75, 3.05) is 6.61 Å². The Morgan fingerprint density at radius 3 is 2.81 bits per heavy atom. The van der Waals surface area contributed by atoms with Crippen LogP contribution in [0.5, 0.6) is 0 Å². The molecule has 2 heterocycles. The maximum absolute atomic E-state index is 12.6. The number of carbonyl (C=O) groups excluding carboxylic acids is 4. The maximum Gasteiger partial charge on any atom is 0.344 e. The van der Waals surface area contributed by atoms with Crippen molar-refractivity contribution >= 4 is 41.2 Å². The number of esters is 1. The van der Waals surface area contributed by atoms with Gasteiger partial charge in [-0.3, -0.25) is 15.0 Å². The van der Waals surface area contributed by atoms with Crippen molar-refractivity contribution in [2.45, 2.75) is 38.1 Å². The van der Waals surface area contributed by atoms with Gasteiger partial charge in [0.25, 0.3) is 11.8 Å². The molecule has 0 radical (unpaired) electrons. The Bertz CT molecular complexity index is 766. The number of nitrogens with one attached hydrogen (secondary N) is 2. The van der Waals surface area contributed by atoms with Crippen molar-refractivity contribution in [3.63, 3.8) is 0 Å². The summed E-state index contributed by atoms with van der Waals surface area (Å²) in [6.07, 6.45) is 5.56. The quantitative estimate of drug-likeness (QED) is 0.453. The molecule has 1 aliphatic heterocycles. The molecule has 1 aliphatic carbocycles. The van der Waals surface area contributed by atoms with E-state index in [0.29, 0.717) is 23.8 Å². The third-order valence-corrected chi connectivity index (χ3v) is 5.64. The van der Waals surface area contributed by atoms with Crippen LogP contribution >= 0.6 is 11.3 Å². The minimum atomic E-state index is -0.934. The van der Waals surface area contributed by atoms with Crippen molar-refractivity contribution in [1.82, 2.24) is 15.8 Å². The zero-order chi connectivity index (χ0) is 19.4. The Morgan fingerprint density at radius 2 is 2.15 bits per heavy atom. The fourth-order valence-corrected chi connectivity index (χ4v) is 3.81. The van der Waals surface area contributed by atoms with E-state index in [9.17, 15) is 19.2 Å². The predicted octanol–water partition coefficient (Wildman–Crippen LogP) is 1.84. The summed E-state index contributed by atoms with van der Waals surface area (Å²) in [7, 11) is 0. The van der Waals surface area contributed by atoms with E-state index in [1.165, 1.54) is 17.4 Å². The second-order valence-corrected chi connectivity index (χ2v) is 7.81. The molecule has 1 saturated heterocycles. The highest BCUT2D eigenvalue weighted by molar-refractivity contribution is 7.10. The number of hydrogen-bond donors (Lipinski definition) is 2. The van der Waals surface area contributed by atoms with Gasteiger partial charge in [0.15, 0.2) is 6.61 Å². The molecular formula is C18H21N3O5S. The smallest absolute Gasteiger partial charge is 0.344 e. The number of urea groups is 1. The first kappa shape index (κ1) is 19.1. The lowest BCUT2D eigenvalue weighted by atomic mass is 9.77. The molecule has 0 atom stereocenters. The number of hydrogen-bond acceptors (Lipinski definition) is 6. The Kier molecular flexibility index (Phi) is 5.59. The van der Waals surface area contributed by atoms with Crippen molar-refractivity contribution < 1.29 is 23.9 Å². The van der Waals surface area contributed by atoms with Crippen LogP contribution in [0.4, 0.5) is 4.79 Å². The van der Waals surface area contributed by atoms with Gasteiger partial charge in [-0.05, 0) is 49.1 Å². The number of thiophene rings is 1. The molecule has 4 amide bonds. The molecule has 3 rings (SSSR count). The summed E-state index contributed by atoms with van der Waals surface area (Å²) < 4.78 is 4.83. The molecule has 0 bridgehead atoms. The highest BCUT2D eigenvalue weighted by Crippen LogP contribution is 2.35. The molecule has 27 heavy (non-hydrogen) atoms. The van der Waals surface area contributed by atoms with Crippen LogP contribution in [0.2, 0.25) is 0 Å². The highest BCUT2D eigenvalue weighted by atomic mass is 32.1. The zero-order valence-corrected chi connectivity index (χ0v) is 15.7. The number of ether oxygens (including phenoxy) is 1. The van der Waals surface area contributed by atoms with Gasteiger partial charge in [-0.2, -0.15) is 5.01 Å². The molecule has 8 nitrogen and oxygen atoms in total. The average molecular weight is 391 g/mol. The molecular weight excluding hydrogens is 370 g/mol. The summed E-state index contributed by atoms with van der Waals surface area (Å²) in [6, 6.07) is 3.02. The lowest BCUT2D eigenvalue weighted by molar-refractivity contribution is -0.147. The summed E-state index contributed by atoms with van der Waals surface area (Å²) in [4.78, 5) is 49.2. The summed E-state index contributed by atoms with van der Waals surface area (Å²) >= 11 is 1.46. The molecule has 1 spiro atoms. The van der Waals surface area contributed by atoms with Crippen LogP contribution in [-0.2, 0) is 19.1 Å². The molecule has 1 aromatic rings. The minimum Gasteiger partial charge on any atom is -0.452 e. The standard InChI is InChI=1S/C18H21N3O5S/c1-12-6-8-18(9-7-12)16(24)21(17(25)19-18)20-14(22)11-26-15(23)5-4-13-3-2-10-27-13/h2-5,10,12H,6-9,11H2,1H3,(H,19,25)(H,20,22)/b5-4+. The SMILES string of the molecule is CC1CCC2(CC1)NC(=O)N(NC(=O)COC(=O)/C=C/c1cccs1)C2=O. The third kappa shape index (κ3) is 4.36. The number of hydrazine groups is 1. The van der Waals surface area contributed by atoms with E-state index in [-0.39, 0.29) is 0 Å². The molecule has 2 N–H and O–H groups in total. The number of imide groups is 1. The van der Waals surface area contributed by atoms with E-state index >= 15 is 0 Å². The van der Waals surface area contributed by atoms with E-state index in [1.807, 2.05) is 17.5 Å². The van der Waals surface area contributed by atoms with Crippen molar-refractivity contribution in [2.24, 2.45) is 5.92 Å². The van der Waals surface area contributed by atoms with Crippen LogP contribution in [0.15, 0.2) is 23.6 Å². The van der Waals surface area contributed by atoms with Crippen LogP contribution < -0.4 is 10.7 Å². The Morgan fingerprint density at radius 1 is 1.41 bits per heavy atom. The molecule has 2 aliphatic rings. The summed E-state index contributed by atoms with van der Waals surface area (Å²) in [6.45, 7) is 1.52. The zero-order valence-electron chi connectivity index (χ0n) is 14.9. The first-order chi connectivity index (χ1) is 12.9. The highest BCUT2D eigenvalue weighted by Gasteiger charge is 2.52. The third-order valence-electron chi connectivity index (χ3n) is 4.80. The maximum atomic E-state index is 12.6. The van der Waals surface area contributed by atoms with Gasteiger partial charge in [-0.25, -0.2) is 9.59 Å². The monoisotopic (exact) mass is 391 g/mol. The Labute approximate surface area is 160 Å². The van der Waals surface area contributed by atoms with Gasteiger partial charge in [0.1, 0.15) is 5.54 Å². The largest absolute Gasteiger partial charge is 0.452 e. The van der Waals surface area contributed by atoms with Crippen LogP contribution in [0.1, 0.15) is 37.5 Å². The predicted molar refractivity (Wildman–Crippen MR) is 98.2 cm³/mol. The molecule has 0 unspecified atom stereocenters. The normalized spacial score (nSPS) is 25.1. The van der Waals surface area contributed by atoms with Gasteiger partial charge in [-0.15, -0.1) is 11.3 Å². The summed E-state index contributed by atoms with van der Waals surface area (Å²) in [5, 5.41) is 5.26. The van der Waals surface area contributed by atoms with E-state index in [1.54, 1.807) is 6.08 Å². The van der Waals surface area contributed by atoms with Gasteiger partial charge < -0.3 is 10.1 Å². The fourth-order valence-electron chi connectivity index (χ4n) is 3.19. The molecule has 1 aromatic heterocycles. The van der Waals surface area contributed by atoms with Crippen LogP contribution in [0, 0.1) is 5.92 Å². The molecule has 1 saturated carbocycles. The minimum absolute atomic E-state index is 0.461. The van der Waals surface area contributed by atoms with Gasteiger partial charge in [0.05, 0.1) is 0 Å². The first-order valence-electron chi connectivity index (χ1n) is 8.74. The molecule has 9 heteroatoms. The van der Waals surface area contributed by atoms with E-state index in [2.05, 4.69) is 17.7 Å². The summed E-state index contributed by atoms with van der Waals surface area (Å²) in [5.74, 6) is -1.40. The fraction of sp³-hybridized carbons (Fsp3) is 0.444.